The predicted molar refractivity (Wildman–Crippen MR) is 78.6 cm³/mol. The van der Waals surface area contributed by atoms with E-state index < -0.39 is 0 Å². The molecule has 5 nitrogen and oxygen atoms in total. The highest BCUT2D eigenvalue weighted by atomic mass is 16.5. The Morgan fingerprint density at radius 2 is 2.30 bits per heavy atom. The first-order valence-electron chi connectivity index (χ1n) is 6.89. The second kappa shape index (κ2) is 7.05. The van der Waals surface area contributed by atoms with E-state index in [-0.39, 0.29) is 5.91 Å². The molecule has 1 aromatic heterocycles. The maximum Gasteiger partial charge on any atom is 0.221 e. The fraction of sp³-hybridized carbons (Fsp3) is 0.467. The molecular formula is C15H21N3O2. The summed E-state index contributed by atoms with van der Waals surface area (Å²) in [5.74, 6) is 0.0532. The lowest BCUT2D eigenvalue weighted by Crippen LogP contribution is -2.26. The number of hydrogen-bond acceptors (Lipinski definition) is 3. The summed E-state index contributed by atoms with van der Waals surface area (Å²) in [5, 5.41) is 8.38. The number of rotatable bonds is 7. The van der Waals surface area contributed by atoms with E-state index in [2.05, 4.69) is 23.4 Å². The van der Waals surface area contributed by atoms with Crippen molar-refractivity contribution in [1.29, 1.82) is 0 Å². The van der Waals surface area contributed by atoms with E-state index in [1.807, 2.05) is 23.0 Å². The molecule has 1 N–H and O–H groups in total. The summed E-state index contributed by atoms with van der Waals surface area (Å²) in [6, 6.07) is 6.11. The van der Waals surface area contributed by atoms with Gasteiger partial charge >= 0.3 is 0 Å². The highest BCUT2D eigenvalue weighted by Crippen LogP contribution is 2.17. The van der Waals surface area contributed by atoms with Crippen LogP contribution in [0.3, 0.4) is 0 Å². The molecule has 0 spiro atoms. The van der Waals surface area contributed by atoms with Crippen molar-refractivity contribution in [2.45, 2.75) is 26.3 Å². The molecule has 0 bridgehead atoms. The fourth-order valence-corrected chi connectivity index (χ4v) is 2.17. The molecule has 0 aliphatic carbocycles. The number of methoxy groups -OCH3 is 1. The van der Waals surface area contributed by atoms with E-state index in [0.717, 1.165) is 17.3 Å². The second-order valence-corrected chi connectivity index (χ2v) is 4.82. The molecule has 5 heteroatoms. The monoisotopic (exact) mass is 275 g/mol. The quantitative estimate of drug-likeness (QED) is 0.785. The van der Waals surface area contributed by atoms with Crippen molar-refractivity contribution in [2.24, 2.45) is 0 Å². The van der Waals surface area contributed by atoms with Gasteiger partial charge in [-0.1, -0.05) is 12.1 Å². The number of aromatic nitrogens is 2. The van der Waals surface area contributed by atoms with Crippen LogP contribution in [-0.4, -0.2) is 35.9 Å². The number of nitrogens with one attached hydrogen (secondary N) is 1. The number of carbonyl (C=O) groups is 1. The fourth-order valence-electron chi connectivity index (χ4n) is 2.17. The molecule has 1 aromatic carbocycles. The number of ether oxygens (including phenoxy) is 1. The van der Waals surface area contributed by atoms with E-state index >= 15 is 0 Å². The third kappa shape index (κ3) is 3.57. The largest absolute Gasteiger partial charge is 0.385 e. The maximum atomic E-state index is 11.7. The molecule has 0 fully saturated rings. The van der Waals surface area contributed by atoms with Gasteiger partial charge in [0.05, 0.1) is 18.3 Å². The Balaban J connectivity index is 1.86. The first-order valence-corrected chi connectivity index (χ1v) is 6.89. The van der Waals surface area contributed by atoms with E-state index in [0.29, 0.717) is 26.1 Å². The van der Waals surface area contributed by atoms with Gasteiger partial charge in [0.1, 0.15) is 0 Å². The molecule has 0 atom stereocenters. The van der Waals surface area contributed by atoms with E-state index in [1.54, 1.807) is 7.11 Å². The molecule has 2 rings (SSSR count). The summed E-state index contributed by atoms with van der Waals surface area (Å²) < 4.78 is 6.82. The molecule has 2 aromatic rings. The first-order chi connectivity index (χ1) is 9.72. The zero-order valence-electron chi connectivity index (χ0n) is 12.1. The SMILES string of the molecule is COCCCNC(=O)CCn1ncc2c(C)cccc21. The van der Waals surface area contributed by atoms with Crippen molar-refractivity contribution in [3.05, 3.63) is 30.0 Å². The molecule has 108 valence electrons. The average molecular weight is 275 g/mol. The topological polar surface area (TPSA) is 56.1 Å². The van der Waals surface area contributed by atoms with Gasteiger partial charge in [0.15, 0.2) is 0 Å². The third-order valence-electron chi connectivity index (χ3n) is 3.30. The number of carbonyl (C=O) groups excluding carboxylic acids is 1. The van der Waals surface area contributed by atoms with E-state index in [9.17, 15) is 4.79 Å². The van der Waals surface area contributed by atoms with Crippen LogP contribution in [0, 0.1) is 6.92 Å². The van der Waals surface area contributed by atoms with Crippen LogP contribution >= 0.6 is 0 Å². The molecule has 0 aliphatic heterocycles. The second-order valence-electron chi connectivity index (χ2n) is 4.82. The summed E-state index contributed by atoms with van der Waals surface area (Å²) in [7, 11) is 1.66. The molecule has 0 saturated heterocycles. The third-order valence-corrected chi connectivity index (χ3v) is 3.30. The molecule has 0 radical (unpaired) electrons. The van der Waals surface area contributed by atoms with Crippen molar-refractivity contribution in [3.8, 4) is 0 Å². The Morgan fingerprint density at radius 3 is 3.10 bits per heavy atom. The summed E-state index contributed by atoms with van der Waals surface area (Å²) >= 11 is 0. The van der Waals surface area contributed by atoms with E-state index in [1.165, 1.54) is 5.56 Å². The Labute approximate surface area is 118 Å². The van der Waals surface area contributed by atoms with Crippen LogP contribution in [0.25, 0.3) is 10.9 Å². The molecule has 0 aliphatic rings. The molecule has 0 unspecified atom stereocenters. The summed E-state index contributed by atoms with van der Waals surface area (Å²) in [6.45, 7) is 3.99. The molecule has 0 saturated carbocycles. The zero-order valence-corrected chi connectivity index (χ0v) is 12.1. The average Bonchev–Trinajstić information content (AvgIpc) is 2.86. The summed E-state index contributed by atoms with van der Waals surface area (Å²) in [4.78, 5) is 11.7. The number of aryl methyl sites for hydroxylation is 2. The smallest absolute Gasteiger partial charge is 0.221 e. The lowest BCUT2D eigenvalue weighted by Gasteiger charge is -2.06. The standard InChI is InChI=1S/C15H21N3O2/c1-12-5-3-6-14-13(12)11-17-18(14)9-7-15(19)16-8-4-10-20-2/h3,5-6,11H,4,7-10H2,1-2H3,(H,16,19). The van der Waals surface area contributed by atoms with Crippen LogP contribution in [0.15, 0.2) is 24.4 Å². The van der Waals surface area contributed by atoms with Gasteiger partial charge in [-0.05, 0) is 25.0 Å². The molecule has 20 heavy (non-hydrogen) atoms. The van der Waals surface area contributed by atoms with Crippen molar-refractivity contribution >= 4 is 16.8 Å². The Kier molecular flexibility index (Phi) is 5.12. The van der Waals surface area contributed by atoms with Crippen molar-refractivity contribution < 1.29 is 9.53 Å². The van der Waals surface area contributed by atoms with Gasteiger partial charge in [-0.25, -0.2) is 0 Å². The first kappa shape index (κ1) is 14.5. The number of amides is 1. The highest BCUT2D eigenvalue weighted by Gasteiger charge is 2.06. The molecular weight excluding hydrogens is 254 g/mol. The maximum absolute atomic E-state index is 11.7. The van der Waals surface area contributed by atoms with Gasteiger partial charge in [-0.3, -0.25) is 9.48 Å². The number of benzene rings is 1. The lowest BCUT2D eigenvalue weighted by molar-refractivity contribution is -0.121. The van der Waals surface area contributed by atoms with Gasteiger partial charge in [-0.2, -0.15) is 5.10 Å². The number of hydrogen-bond donors (Lipinski definition) is 1. The van der Waals surface area contributed by atoms with Crippen LogP contribution in [0.5, 0.6) is 0 Å². The highest BCUT2D eigenvalue weighted by molar-refractivity contribution is 5.82. The van der Waals surface area contributed by atoms with Gasteiger partial charge in [-0.15, -0.1) is 0 Å². The van der Waals surface area contributed by atoms with Crippen molar-refractivity contribution in [3.63, 3.8) is 0 Å². The molecule has 1 heterocycles. The van der Waals surface area contributed by atoms with Crippen LogP contribution in [0.1, 0.15) is 18.4 Å². The Bertz CT molecular complexity index is 578. The van der Waals surface area contributed by atoms with Gasteiger partial charge in [0.2, 0.25) is 5.91 Å². The van der Waals surface area contributed by atoms with Crippen LogP contribution in [0.2, 0.25) is 0 Å². The summed E-state index contributed by atoms with van der Waals surface area (Å²) in [5.41, 5.74) is 2.29. The minimum atomic E-state index is 0.0532. The zero-order chi connectivity index (χ0) is 14.4. The lowest BCUT2D eigenvalue weighted by atomic mass is 10.1. The van der Waals surface area contributed by atoms with Crippen molar-refractivity contribution in [1.82, 2.24) is 15.1 Å². The van der Waals surface area contributed by atoms with Crippen LogP contribution in [-0.2, 0) is 16.1 Å². The predicted octanol–water partition coefficient (Wildman–Crippen LogP) is 1.89. The molecule has 1 amide bonds. The Hall–Kier alpha value is -1.88. The van der Waals surface area contributed by atoms with Crippen molar-refractivity contribution in [2.75, 3.05) is 20.3 Å². The summed E-state index contributed by atoms with van der Waals surface area (Å²) in [6.07, 6.45) is 3.14. The van der Waals surface area contributed by atoms with Crippen LogP contribution < -0.4 is 5.32 Å². The van der Waals surface area contributed by atoms with Gasteiger partial charge in [0.25, 0.3) is 0 Å². The minimum Gasteiger partial charge on any atom is -0.385 e. The number of fused-ring (bicyclic) bond motifs is 1. The van der Waals surface area contributed by atoms with Gasteiger partial charge in [0, 0.05) is 32.1 Å². The minimum absolute atomic E-state index is 0.0532. The normalized spacial score (nSPS) is 10.9. The van der Waals surface area contributed by atoms with Crippen LogP contribution in [0.4, 0.5) is 0 Å². The number of nitrogens with zero attached hydrogens (tertiary/aromatic N) is 2. The van der Waals surface area contributed by atoms with E-state index in [4.69, 9.17) is 4.74 Å². The van der Waals surface area contributed by atoms with Gasteiger partial charge < -0.3 is 10.1 Å². The Morgan fingerprint density at radius 1 is 1.45 bits per heavy atom.